The number of anilines is 2. The Kier molecular flexibility index (Phi) is 6.37. The number of carbonyl (C=O) groups excluding carboxylic acids is 1. The molecule has 0 radical (unpaired) electrons. The lowest BCUT2D eigenvalue weighted by Gasteiger charge is -2.30. The number of hydrogen-bond acceptors (Lipinski definition) is 7. The number of aromatic nitrogens is 2. The lowest BCUT2D eigenvalue weighted by atomic mass is 10.2. The molecular weight excluding hydrogens is 360 g/mol. The van der Waals surface area contributed by atoms with Gasteiger partial charge in [0.2, 0.25) is 0 Å². The minimum absolute atomic E-state index is 0.0179. The molecule has 0 unspecified atom stereocenters. The molecule has 1 atom stereocenters. The molecule has 28 heavy (non-hydrogen) atoms. The minimum Gasteiger partial charge on any atom is -0.489 e. The van der Waals surface area contributed by atoms with Gasteiger partial charge in [-0.2, -0.15) is 5.26 Å². The van der Waals surface area contributed by atoms with Crippen LogP contribution in [-0.2, 0) is 4.74 Å². The zero-order valence-corrected chi connectivity index (χ0v) is 15.8. The summed E-state index contributed by atoms with van der Waals surface area (Å²) in [6.07, 6.45) is 2.59. The summed E-state index contributed by atoms with van der Waals surface area (Å²) in [4.78, 5) is 22.3. The van der Waals surface area contributed by atoms with Crippen molar-refractivity contribution in [3.63, 3.8) is 0 Å². The first-order valence-electron chi connectivity index (χ1n) is 8.87. The largest absolute Gasteiger partial charge is 0.489 e. The van der Waals surface area contributed by atoms with E-state index in [0.29, 0.717) is 24.7 Å². The summed E-state index contributed by atoms with van der Waals surface area (Å²) in [6, 6.07) is 6.95. The molecule has 9 nitrogen and oxygen atoms in total. The predicted molar refractivity (Wildman–Crippen MR) is 103 cm³/mol. The number of likely N-dealkylation sites (N-methyl/N-ethyl adjacent to an activating group) is 1. The highest BCUT2D eigenvalue weighted by atomic mass is 16.5. The van der Waals surface area contributed by atoms with Gasteiger partial charge in [-0.3, -0.25) is 5.32 Å². The number of aryl methyl sites for hydroxylation is 1. The minimum atomic E-state index is -0.483. The number of nitrogens with one attached hydrogen (secondary N) is 2. The molecule has 1 aromatic carbocycles. The number of benzene rings is 1. The molecule has 146 valence electrons. The smallest absolute Gasteiger partial charge is 0.324 e. The summed E-state index contributed by atoms with van der Waals surface area (Å²) in [5.41, 5.74) is 1.70. The Morgan fingerprint density at radius 1 is 1.39 bits per heavy atom. The topological polar surface area (TPSA) is 112 Å². The van der Waals surface area contributed by atoms with Crippen LogP contribution in [0.2, 0.25) is 0 Å². The van der Waals surface area contributed by atoms with Gasteiger partial charge in [0.15, 0.2) is 11.5 Å². The van der Waals surface area contributed by atoms with Crippen LogP contribution in [0.3, 0.4) is 0 Å². The second-order valence-electron chi connectivity index (χ2n) is 6.54. The van der Waals surface area contributed by atoms with Crippen molar-refractivity contribution in [3.8, 4) is 11.8 Å². The fourth-order valence-electron chi connectivity index (χ4n) is 2.74. The number of amides is 2. The molecule has 2 amide bonds. The van der Waals surface area contributed by atoms with Gasteiger partial charge in [0.05, 0.1) is 24.7 Å². The Labute approximate surface area is 163 Å². The molecule has 2 N–H and O–H groups in total. The molecule has 9 heteroatoms. The quantitative estimate of drug-likeness (QED) is 0.813. The number of morpholine rings is 1. The molecule has 0 bridgehead atoms. The van der Waals surface area contributed by atoms with E-state index < -0.39 is 6.03 Å². The van der Waals surface area contributed by atoms with Crippen LogP contribution in [0.25, 0.3) is 0 Å². The molecule has 2 aromatic rings. The summed E-state index contributed by atoms with van der Waals surface area (Å²) in [5.74, 6) is 0.800. The molecule has 1 fully saturated rings. The molecule has 0 aliphatic carbocycles. The number of hydrogen-bond donors (Lipinski definition) is 2. The Bertz CT molecular complexity index is 865. The monoisotopic (exact) mass is 382 g/mol. The normalized spacial score (nSPS) is 16.8. The maximum Gasteiger partial charge on any atom is 0.324 e. The zero-order chi connectivity index (χ0) is 19.9. The fourth-order valence-corrected chi connectivity index (χ4v) is 2.74. The Balaban J connectivity index is 1.62. The van der Waals surface area contributed by atoms with E-state index in [9.17, 15) is 4.79 Å². The number of urea groups is 1. The van der Waals surface area contributed by atoms with Gasteiger partial charge in [-0.15, -0.1) is 0 Å². The Morgan fingerprint density at radius 2 is 2.25 bits per heavy atom. The van der Waals surface area contributed by atoms with E-state index in [1.54, 1.807) is 0 Å². The van der Waals surface area contributed by atoms with E-state index >= 15 is 0 Å². The second kappa shape index (κ2) is 9.12. The molecule has 3 rings (SSSR count). The van der Waals surface area contributed by atoms with Crippen LogP contribution in [0.4, 0.5) is 16.3 Å². The highest BCUT2D eigenvalue weighted by Crippen LogP contribution is 2.26. The van der Waals surface area contributed by atoms with E-state index in [0.717, 1.165) is 18.7 Å². The van der Waals surface area contributed by atoms with Gasteiger partial charge in [-0.25, -0.2) is 14.8 Å². The van der Waals surface area contributed by atoms with E-state index in [4.69, 9.17) is 14.7 Å². The summed E-state index contributed by atoms with van der Waals surface area (Å²) in [5, 5.41) is 14.1. The van der Waals surface area contributed by atoms with Gasteiger partial charge in [-0.05, 0) is 31.7 Å². The second-order valence-corrected chi connectivity index (χ2v) is 6.54. The third-order valence-electron chi connectivity index (χ3n) is 4.16. The highest BCUT2D eigenvalue weighted by molar-refractivity contribution is 6.00. The summed E-state index contributed by atoms with van der Waals surface area (Å²) in [6.45, 7) is 4.71. The van der Waals surface area contributed by atoms with Gasteiger partial charge in [0.25, 0.3) is 0 Å². The van der Waals surface area contributed by atoms with Crippen LogP contribution in [0.5, 0.6) is 5.75 Å². The zero-order valence-electron chi connectivity index (χ0n) is 15.8. The number of nitriles is 1. The maximum atomic E-state index is 12.3. The van der Waals surface area contributed by atoms with Gasteiger partial charge < -0.3 is 19.7 Å². The number of nitrogens with zero attached hydrogens (tertiary/aromatic N) is 4. The van der Waals surface area contributed by atoms with Crippen molar-refractivity contribution in [1.29, 1.82) is 5.26 Å². The first kappa shape index (κ1) is 19.5. The van der Waals surface area contributed by atoms with Crippen molar-refractivity contribution in [2.45, 2.75) is 13.0 Å². The number of ether oxygens (including phenoxy) is 2. The highest BCUT2D eigenvalue weighted by Gasteiger charge is 2.19. The molecule has 2 heterocycles. The van der Waals surface area contributed by atoms with Crippen LogP contribution < -0.4 is 15.4 Å². The van der Waals surface area contributed by atoms with Crippen LogP contribution in [-0.4, -0.2) is 60.4 Å². The van der Waals surface area contributed by atoms with Gasteiger partial charge in [0, 0.05) is 13.1 Å². The van der Waals surface area contributed by atoms with Crippen LogP contribution in [0, 0.1) is 18.3 Å². The average Bonchev–Trinajstić information content (AvgIpc) is 2.68. The lowest BCUT2D eigenvalue weighted by molar-refractivity contribution is -0.0402. The van der Waals surface area contributed by atoms with Crippen LogP contribution in [0.15, 0.2) is 30.6 Å². The van der Waals surface area contributed by atoms with Gasteiger partial charge in [-0.1, -0.05) is 6.07 Å². The number of rotatable bonds is 5. The Hall–Kier alpha value is -3.22. The van der Waals surface area contributed by atoms with Crippen molar-refractivity contribution in [1.82, 2.24) is 14.9 Å². The van der Waals surface area contributed by atoms with Crippen molar-refractivity contribution >= 4 is 17.5 Å². The Morgan fingerprint density at radius 3 is 2.96 bits per heavy atom. The summed E-state index contributed by atoms with van der Waals surface area (Å²) >= 11 is 0. The van der Waals surface area contributed by atoms with E-state index in [2.05, 4.69) is 25.5 Å². The van der Waals surface area contributed by atoms with E-state index in [1.807, 2.05) is 38.2 Å². The third-order valence-corrected chi connectivity index (χ3v) is 4.16. The lowest BCUT2D eigenvalue weighted by Crippen LogP contribution is -2.42. The molecular formula is C19H22N6O3. The molecule has 1 saturated heterocycles. The van der Waals surface area contributed by atoms with Gasteiger partial charge in [0.1, 0.15) is 24.5 Å². The molecule has 1 aliphatic heterocycles. The first-order chi connectivity index (χ1) is 13.5. The third kappa shape index (κ3) is 5.39. The molecule has 0 spiro atoms. The van der Waals surface area contributed by atoms with Crippen molar-refractivity contribution in [3.05, 3.63) is 41.9 Å². The average molecular weight is 382 g/mol. The van der Waals surface area contributed by atoms with Crippen molar-refractivity contribution < 1.29 is 14.3 Å². The fraction of sp³-hybridized carbons (Fsp3) is 0.368. The maximum absolute atomic E-state index is 12.3. The van der Waals surface area contributed by atoms with Crippen molar-refractivity contribution in [2.75, 3.05) is 44.0 Å². The predicted octanol–water partition coefficient (Wildman–Crippen LogP) is 2.01. The number of carbonyl (C=O) groups is 1. The van der Waals surface area contributed by atoms with E-state index in [-0.39, 0.29) is 17.6 Å². The van der Waals surface area contributed by atoms with Crippen molar-refractivity contribution in [2.24, 2.45) is 0 Å². The van der Waals surface area contributed by atoms with Gasteiger partial charge >= 0.3 is 6.03 Å². The van der Waals surface area contributed by atoms with Crippen LogP contribution in [0.1, 0.15) is 11.3 Å². The van der Waals surface area contributed by atoms with E-state index in [1.165, 1.54) is 12.4 Å². The molecule has 0 saturated carbocycles. The molecule has 1 aromatic heterocycles. The molecule has 1 aliphatic rings. The first-order valence-corrected chi connectivity index (χ1v) is 8.87. The summed E-state index contributed by atoms with van der Waals surface area (Å²) in [7, 11) is 2.05. The summed E-state index contributed by atoms with van der Waals surface area (Å²) < 4.78 is 11.6. The SMILES string of the molecule is Cc1ccc(OC[C@H]2CN(C)CCO2)c(NC(=O)Nc2cnc(C#N)cn2)c1. The van der Waals surface area contributed by atoms with Crippen LogP contribution >= 0.6 is 0 Å². The standard InChI is InChI=1S/C19H22N6O3/c1-13-3-4-17(28-12-15-11-25(2)5-6-27-15)16(7-13)23-19(26)24-18-10-21-14(8-20)9-22-18/h3-4,7,9-10,15H,5-6,11-12H2,1-2H3,(H2,22,23,24,26)/t15-/m1/s1.